The molecule has 28 heavy (non-hydrogen) atoms. The van der Waals surface area contributed by atoms with Gasteiger partial charge in [-0.25, -0.2) is 0 Å². The average molecular weight is 366 g/mol. The fourth-order valence-corrected chi connectivity index (χ4v) is 3.68. The number of aryl methyl sites for hydroxylation is 4. The fraction of sp³-hybridized carbons (Fsp3) is 0.154. The van der Waals surface area contributed by atoms with Crippen LogP contribution in [0.3, 0.4) is 0 Å². The molecule has 0 saturated carbocycles. The molecule has 138 valence electrons. The second kappa shape index (κ2) is 8.18. The molecule has 0 spiro atoms. The number of pyridine rings is 2. The molecule has 0 radical (unpaired) electrons. The van der Waals surface area contributed by atoms with Crippen LogP contribution in [0.15, 0.2) is 91.3 Å². The normalized spacial score (nSPS) is 10.8. The van der Waals surface area contributed by atoms with E-state index in [1.807, 2.05) is 18.3 Å². The van der Waals surface area contributed by atoms with Crippen LogP contribution in [-0.2, 0) is 13.0 Å². The molecule has 2 nitrogen and oxygen atoms in total. The molecule has 0 fully saturated rings. The number of benzene rings is 2. The maximum Gasteiger partial charge on any atom is 0.212 e. The zero-order valence-electron chi connectivity index (χ0n) is 16.5. The minimum Gasteiger partial charge on any atom is -0.256 e. The van der Waals surface area contributed by atoms with Crippen molar-refractivity contribution in [3.63, 3.8) is 0 Å². The smallest absolute Gasteiger partial charge is 0.212 e. The van der Waals surface area contributed by atoms with Gasteiger partial charge < -0.3 is 0 Å². The molecule has 4 rings (SSSR count). The van der Waals surface area contributed by atoms with Gasteiger partial charge in [0.1, 0.15) is 0 Å². The molecular weight excluding hydrogens is 340 g/mol. The summed E-state index contributed by atoms with van der Waals surface area (Å²) in [5.41, 5.74) is 8.73. The Morgan fingerprint density at radius 2 is 1.61 bits per heavy atom. The van der Waals surface area contributed by atoms with Crippen LogP contribution in [0, 0.1) is 13.8 Å². The van der Waals surface area contributed by atoms with Gasteiger partial charge in [0.2, 0.25) is 5.69 Å². The van der Waals surface area contributed by atoms with E-state index in [9.17, 15) is 0 Å². The van der Waals surface area contributed by atoms with Gasteiger partial charge >= 0.3 is 0 Å². The average Bonchev–Trinajstić information content (AvgIpc) is 2.75. The molecule has 0 unspecified atom stereocenters. The molecule has 0 aliphatic heterocycles. The molecule has 2 heterocycles. The van der Waals surface area contributed by atoms with Crippen LogP contribution in [0.1, 0.15) is 16.7 Å². The van der Waals surface area contributed by atoms with Gasteiger partial charge in [-0.15, -0.1) is 0 Å². The first-order valence-electron chi connectivity index (χ1n) is 9.78. The second-order valence-electron chi connectivity index (χ2n) is 7.22. The van der Waals surface area contributed by atoms with Crippen LogP contribution < -0.4 is 4.57 Å². The highest BCUT2D eigenvalue weighted by Gasteiger charge is 2.15. The SMILES string of the molecule is Cc1ccc(C)c(-c2cccc[n+]2CCc2ccccc2-c2ccccn2)c1. The Kier molecular flexibility index (Phi) is 5.29. The van der Waals surface area contributed by atoms with Gasteiger partial charge in [0.25, 0.3) is 0 Å². The zero-order valence-corrected chi connectivity index (χ0v) is 16.5. The van der Waals surface area contributed by atoms with Crippen molar-refractivity contribution in [3.05, 3.63) is 108 Å². The molecule has 2 heteroatoms. The van der Waals surface area contributed by atoms with Crippen molar-refractivity contribution >= 4 is 0 Å². The van der Waals surface area contributed by atoms with Crippen molar-refractivity contribution in [2.75, 3.05) is 0 Å². The molecule has 0 aliphatic carbocycles. The summed E-state index contributed by atoms with van der Waals surface area (Å²) in [6.07, 6.45) is 5.00. The molecule has 0 saturated heterocycles. The Bertz CT molecular complexity index is 1080. The highest BCUT2D eigenvalue weighted by atomic mass is 15.0. The summed E-state index contributed by atoms with van der Waals surface area (Å²) >= 11 is 0. The number of aromatic nitrogens is 2. The van der Waals surface area contributed by atoms with Gasteiger partial charge in [-0.05, 0) is 49.2 Å². The van der Waals surface area contributed by atoms with E-state index in [1.54, 1.807) is 0 Å². The van der Waals surface area contributed by atoms with E-state index >= 15 is 0 Å². The van der Waals surface area contributed by atoms with Gasteiger partial charge in [0, 0.05) is 35.9 Å². The van der Waals surface area contributed by atoms with Gasteiger partial charge in [-0.3, -0.25) is 4.98 Å². The van der Waals surface area contributed by atoms with Crippen molar-refractivity contribution in [3.8, 4) is 22.5 Å². The third-order valence-corrected chi connectivity index (χ3v) is 5.19. The lowest BCUT2D eigenvalue weighted by molar-refractivity contribution is -0.685. The van der Waals surface area contributed by atoms with Crippen molar-refractivity contribution in [1.82, 2.24) is 4.98 Å². The third kappa shape index (κ3) is 3.86. The second-order valence-corrected chi connectivity index (χ2v) is 7.22. The van der Waals surface area contributed by atoms with E-state index in [4.69, 9.17) is 0 Å². The number of hydrogen-bond donors (Lipinski definition) is 0. The summed E-state index contributed by atoms with van der Waals surface area (Å²) in [5, 5.41) is 0. The fourth-order valence-electron chi connectivity index (χ4n) is 3.68. The number of nitrogens with zero attached hydrogens (tertiary/aromatic N) is 2. The van der Waals surface area contributed by atoms with Crippen molar-refractivity contribution in [1.29, 1.82) is 0 Å². The van der Waals surface area contributed by atoms with Crippen LogP contribution >= 0.6 is 0 Å². The summed E-state index contributed by atoms with van der Waals surface area (Å²) in [5.74, 6) is 0. The van der Waals surface area contributed by atoms with E-state index in [2.05, 4.69) is 96.3 Å². The first-order valence-corrected chi connectivity index (χ1v) is 9.78. The molecule has 0 amide bonds. The van der Waals surface area contributed by atoms with Crippen LogP contribution in [-0.4, -0.2) is 4.98 Å². The molecule has 4 aromatic rings. The first-order chi connectivity index (χ1) is 13.7. The first kappa shape index (κ1) is 18.1. The molecule has 0 atom stereocenters. The standard InChI is InChI=1S/C26H25N2/c1-20-13-14-21(2)24(19-20)26-12-6-8-17-28(26)18-15-22-9-3-4-10-23(22)25-11-5-7-16-27-25/h3-14,16-17,19H,15,18H2,1-2H3/q+1. The number of hydrogen-bond acceptors (Lipinski definition) is 1. The topological polar surface area (TPSA) is 16.8 Å². The van der Waals surface area contributed by atoms with E-state index in [-0.39, 0.29) is 0 Å². The minimum atomic E-state index is 0.924. The van der Waals surface area contributed by atoms with Crippen molar-refractivity contribution < 1.29 is 4.57 Å². The van der Waals surface area contributed by atoms with Gasteiger partial charge in [-0.2, -0.15) is 4.57 Å². The zero-order chi connectivity index (χ0) is 19.3. The maximum absolute atomic E-state index is 4.54. The monoisotopic (exact) mass is 365 g/mol. The summed E-state index contributed by atoms with van der Waals surface area (Å²) < 4.78 is 2.36. The predicted molar refractivity (Wildman–Crippen MR) is 115 cm³/mol. The lowest BCUT2D eigenvalue weighted by atomic mass is 10.00. The quantitative estimate of drug-likeness (QED) is 0.423. The highest BCUT2D eigenvalue weighted by Crippen LogP contribution is 2.23. The maximum atomic E-state index is 4.54. The predicted octanol–water partition coefficient (Wildman–Crippen LogP) is 5.56. The third-order valence-electron chi connectivity index (χ3n) is 5.19. The van der Waals surface area contributed by atoms with E-state index in [0.29, 0.717) is 0 Å². The van der Waals surface area contributed by atoms with Crippen LogP contribution in [0.2, 0.25) is 0 Å². The minimum absolute atomic E-state index is 0.924. The molecule has 0 N–H and O–H groups in total. The van der Waals surface area contributed by atoms with Gasteiger partial charge in [0.15, 0.2) is 12.7 Å². The molecule has 2 aromatic carbocycles. The Morgan fingerprint density at radius 1 is 0.786 bits per heavy atom. The van der Waals surface area contributed by atoms with Gasteiger partial charge in [0.05, 0.1) is 5.69 Å². The molecule has 0 bridgehead atoms. The van der Waals surface area contributed by atoms with Crippen LogP contribution in [0.4, 0.5) is 0 Å². The number of rotatable bonds is 5. The van der Waals surface area contributed by atoms with Crippen LogP contribution in [0.25, 0.3) is 22.5 Å². The van der Waals surface area contributed by atoms with Gasteiger partial charge in [-0.1, -0.05) is 48.0 Å². The summed E-state index contributed by atoms with van der Waals surface area (Å²) in [4.78, 5) is 4.54. The largest absolute Gasteiger partial charge is 0.256 e. The van der Waals surface area contributed by atoms with Crippen molar-refractivity contribution in [2.24, 2.45) is 0 Å². The lowest BCUT2D eigenvalue weighted by Crippen LogP contribution is -2.37. The molecule has 0 aliphatic rings. The van der Waals surface area contributed by atoms with E-state index < -0.39 is 0 Å². The highest BCUT2D eigenvalue weighted by molar-refractivity contribution is 5.63. The molecule has 2 aromatic heterocycles. The van der Waals surface area contributed by atoms with Crippen molar-refractivity contribution in [2.45, 2.75) is 26.8 Å². The summed E-state index contributed by atoms with van der Waals surface area (Å²) in [6.45, 7) is 5.26. The van der Waals surface area contributed by atoms with E-state index in [0.717, 1.165) is 18.7 Å². The Labute approximate surface area is 167 Å². The van der Waals surface area contributed by atoms with Crippen LogP contribution in [0.5, 0.6) is 0 Å². The lowest BCUT2D eigenvalue weighted by Gasteiger charge is -2.10. The summed E-state index contributed by atoms with van der Waals surface area (Å²) in [7, 11) is 0. The summed E-state index contributed by atoms with van der Waals surface area (Å²) in [6, 6.07) is 27.8. The van der Waals surface area contributed by atoms with E-state index in [1.165, 1.54) is 33.5 Å². The Morgan fingerprint density at radius 3 is 2.46 bits per heavy atom. The Balaban J connectivity index is 1.65. The Hall–Kier alpha value is -3.26. The molecular formula is C26H25N2+.